The third-order valence-electron chi connectivity index (χ3n) is 5.17. The van der Waals surface area contributed by atoms with Crippen LogP contribution in [0.15, 0.2) is 58.3 Å². The van der Waals surface area contributed by atoms with Crippen LogP contribution in [0.25, 0.3) is 4.96 Å². The average molecular weight is 482 g/mol. The molecule has 4 aromatic rings. The van der Waals surface area contributed by atoms with Crippen LogP contribution < -0.4 is 10.3 Å². The first-order chi connectivity index (χ1) is 15.8. The lowest BCUT2D eigenvalue weighted by Crippen LogP contribution is -2.14. The fraction of sp³-hybridized carbons (Fsp3) is 0.333. The van der Waals surface area contributed by atoms with E-state index in [1.54, 1.807) is 16.5 Å². The molecule has 0 bridgehead atoms. The maximum atomic E-state index is 12.4. The molecule has 9 heteroatoms. The van der Waals surface area contributed by atoms with Gasteiger partial charge in [-0.3, -0.25) is 13.8 Å². The Morgan fingerprint density at radius 1 is 1.21 bits per heavy atom. The highest BCUT2D eigenvalue weighted by atomic mass is 32.2. The lowest BCUT2D eigenvalue weighted by Gasteiger charge is -2.19. The molecular weight excluding hydrogens is 454 g/mol. The fourth-order valence-electron chi connectivity index (χ4n) is 3.36. The van der Waals surface area contributed by atoms with Crippen molar-refractivity contribution in [2.45, 2.75) is 57.2 Å². The molecule has 0 spiro atoms. The first-order valence-corrected chi connectivity index (χ1v) is 12.5. The number of fused-ring (bicyclic) bond motifs is 1. The highest BCUT2D eigenvalue weighted by Crippen LogP contribution is 2.25. The van der Waals surface area contributed by atoms with Crippen LogP contribution in [0, 0.1) is 6.92 Å². The summed E-state index contributed by atoms with van der Waals surface area (Å²) in [4.78, 5) is 17.7. The van der Waals surface area contributed by atoms with Crippen LogP contribution in [0.3, 0.4) is 0 Å². The minimum atomic E-state index is -0.0616. The maximum absolute atomic E-state index is 12.4. The van der Waals surface area contributed by atoms with Gasteiger partial charge in [0.15, 0.2) is 15.9 Å². The SMILES string of the molecule is C=CCn1c(COc2ccc(C(C)(C)C)cc2)nnc1SCc1cc(=O)n2c(C)csc2n1. The predicted octanol–water partition coefficient (Wildman–Crippen LogP) is 5.01. The zero-order chi connectivity index (χ0) is 23.6. The van der Waals surface area contributed by atoms with Crippen LogP contribution >= 0.6 is 23.1 Å². The summed E-state index contributed by atoms with van der Waals surface area (Å²) in [6.07, 6.45) is 1.81. The number of hydrogen-bond donors (Lipinski definition) is 0. The van der Waals surface area contributed by atoms with Gasteiger partial charge in [-0.2, -0.15) is 0 Å². The van der Waals surface area contributed by atoms with E-state index in [1.807, 2.05) is 29.0 Å². The number of aromatic nitrogens is 5. The monoisotopic (exact) mass is 481 g/mol. The van der Waals surface area contributed by atoms with Crippen molar-refractivity contribution in [2.24, 2.45) is 0 Å². The second kappa shape index (κ2) is 9.52. The number of allylic oxidation sites excluding steroid dienone is 1. The summed E-state index contributed by atoms with van der Waals surface area (Å²) in [7, 11) is 0. The van der Waals surface area contributed by atoms with Gasteiger partial charge in [-0.05, 0) is 30.0 Å². The molecule has 0 N–H and O–H groups in total. The van der Waals surface area contributed by atoms with Gasteiger partial charge in [0.25, 0.3) is 5.56 Å². The molecule has 172 valence electrons. The van der Waals surface area contributed by atoms with Crippen LogP contribution in [-0.2, 0) is 24.3 Å². The zero-order valence-electron chi connectivity index (χ0n) is 19.2. The normalized spacial score (nSPS) is 11.8. The highest BCUT2D eigenvalue weighted by Gasteiger charge is 2.15. The average Bonchev–Trinajstić information content (AvgIpc) is 3.34. The van der Waals surface area contributed by atoms with E-state index in [0.29, 0.717) is 23.9 Å². The highest BCUT2D eigenvalue weighted by molar-refractivity contribution is 7.98. The van der Waals surface area contributed by atoms with E-state index in [9.17, 15) is 4.79 Å². The molecular formula is C24H27N5O2S2. The summed E-state index contributed by atoms with van der Waals surface area (Å²) in [6.45, 7) is 13.2. The maximum Gasteiger partial charge on any atom is 0.258 e. The van der Waals surface area contributed by atoms with Crippen molar-refractivity contribution >= 4 is 28.1 Å². The summed E-state index contributed by atoms with van der Waals surface area (Å²) in [5.41, 5.74) is 2.91. The summed E-state index contributed by atoms with van der Waals surface area (Å²) in [5.74, 6) is 2.02. The first kappa shape index (κ1) is 23.3. The van der Waals surface area contributed by atoms with Gasteiger partial charge in [0.1, 0.15) is 12.4 Å². The van der Waals surface area contributed by atoms with Crippen molar-refractivity contribution in [3.63, 3.8) is 0 Å². The number of thioether (sulfide) groups is 1. The van der Waals surface area contributed by atoms with Gasteiger partial charge in [-0.25, -0.2) is 4.98 Å². The molecule has 0 fully saturated rings. The van der Waals surface area contributed by atoms with Gasteiger partial charge >= 0.3 is 0 Å². The van der Waals surface area contributed by atoms with Gasteiger partial charge in [-0.15, -0.1) is 28.1 Å². The van der Waals surface area contributed by atoms with E-state index < -0.39 is 0 Å². The predicted molar refractivity (Wildman–Crippen MR) is 133 cm³/mol. The molecule has 0 aliphatic rings. The van der Waals surface area contributed by atoms with Crippen molar-refractivity contribution in [2.75, 3.05) is 0 Å². The molecule has 0 radical (unpaired) electrons. The van der Waals surface area contributed by atoms with E-state index in [2.05, 4.69) is 54.7 Å². The largest absolute Gasteiger partial charge is 0.486 e. The van der Waals surface area contributed by atoms with Crippen molar-refractivity contribution in [3.05, 3.63) is 81.5 Å². The van der Waals surface area contributed by atoms with Gasteiger partial charge in [0.2, 0.25) is 0 Å². The Labute approximate surface area is 201 Å². The molecule has 7 nitrogen and oxygen atoms in total. The lowest BCUT2D eigenvalue weighted by atomic mass is 9.87. The molecule has 0 amide bonds. The van der Waals surface area contributed by atoms with Crippen molar-refractivity contribution < 1.29 is 4.74 Å². The van der Waals surface area contributed by atoms with E-state index in [1.165, 1.54) is 28.7 Å². The molecule has 3 heterocycles. The van der Waals surface area contributed by atoms with Crippen LogP contribution in [0.5, 0.6) is 5.75 Å². The summed E-state index contributed by atoms with van der Waals surface area (Å²) >= 11 is 2.96. The Hall–Kier alpha value is -2.91. The van der Waals surface area contributed by atoms with E-state index in [-0.39, 0.29) is 11.0 Å². The third-order valence-corrected chi connectivity index (χ3v) is 7.12. The molecule has 0 unspecified atom stereocenters. The number of ether oxygens (including phenoxy) is 1. The van der Waals surface area contributed by atoms with Crippen LogP contribution in [0.4, 0.5) is 0 Å². The fourth-order valence-corrected chi connectivity index (χ4v) is 5.11. The minimum absolute atomic E-state index is 0.0616. The van der Waals surface area contributed by atoms with Crippen molar-refractivity contribution in [1.29, 1.82) is 0 Å². The van der Waals surface area contributed by atoms with Crippen molar-refractivity contribution in [1.82, 2.24) is 24.1 Å². The van der Waals surface area contributed by atoms with Gasteiger partial charge < -0.3 is 4.74 Å². The van der Waals surface area contributed by atoms with E-state index in [0.717, 1.165) is 28.1 Å². The number of nitrogens with zero attached hydrogens (tertiary/aromatic N) is 5. The van der Waals surface area contributed by atoms with Gasteiger partial charge in [0.05, 0.1) is 5.69 Å². The smallest absolute Gasteiger partial charge is 0.258 e. The number of rotatable bonds is 8. The minimum Gasteiger partial charge on any atom is -0.486 e. The van der Waals surface area contributed by atoms with Crippen LogP contribution in [-0.4, -0.2) is 24.1 Å². The van der Waals surface area contributed by atoms with Crippen LogP contribution in [0.2, 0.25) is 0 Å². The Morgan fingerprint density at radius 3 is 2.67 bits per heavy atom. The number of benzene rings is 1. The van der Waals surface area contributed by atoms with Crippen molar-refractivity contribution in [3.8, 4) is 5.75 Å². The molecule has 0 atom stereocenters. The van der Waals surface area contributed by atoms with Crippen LogP contribution in [0.1, 0.15) is 43.5 Å². The molecule has 1 aromatic carbocycles. The Kier molecular flexibility index (Phi) is 6.71. The number of aryl methyl sites for hydroxylation is 1. The number of thiazole rings is 1. The zero-order valence-corrected chi connectivity index (χ0v) is 20.9. The lowest BCUT2D eigenvalue weighted by molar-refractivity contribution is 0.289. The Balaban J connectivity index is 1.46. The molecule has 0 aliphatic carbocycles. The second-order valence-corrected chi connectivity index (χ2v) is 10.5. The van der Waals surface area contributed by atoms with E-state index >= 15 is 0 Å². The molecule has 0 saturated heterocycles. The first-order valence-electron chi connectivity index (χ1n) is 10.6. The molecule has 33 heavy (non-hydrogen) atoms. The topological polar surface area (TPSA) is 74.3 Å². The third kappa shape index (κ3) is 5.20. The van der Waals surface area contributed by atoms with Gasteiger partial charge in [0, 0.05) is 29.4 Å². The molecule has 0 saturated carbocycles. The van der Waals surface area contributed by atoms with E-state index in [4.69, 9.17) is 4.74 Å². The molecule has 4 rings (SSSR count). The molecule has 0 aliphatic heterocycles. The number of hydrogen-bond acceptors (Lipinski definition) is 7. The van der Waals surface area contributed by atoms with Gasteiger partial charge in [-0.1, -0.05) is 50.7 Å². The summed E-state index contributed by atoms with van der Waals surface area (Å²) in [5, 5.41) is 11.3. The summed E-state index contributed by atoms with van der Waals surface area (Å²) < 4.78 is 9.57. The second-order valence-electron chi connectivity index (χ2n) is 8.73. The molecule has 3 aromatic heterocycles. The summed E-state index contributed by atoms with van der Waals surface area (Å²) in [6, 6.07) is 9.73. The Morgan fingerprint density at radius 2 is 1.97 bits per heavy atom. The Bertz CT molecular complexity index is 1330. The quantitative estimate of drug-likeness (QED) is 0.260. The standard InChI is InChI=1S/C24H27N5O2S2/c1-6-11-28-20(13-31-19-9-7-17(8-10-19)24(3,4)5)26-27-23(28)33-15-18-12-21(30)29-16(2)14-32-22(29)25-18/h6-10,12,14H,1,11,13,15H2,2-5H3.